The Morgan fingerprint density at radius 2 is 1.00 bits per heavy atom. The molecule has 1 aliphatic rings. The quantitative estimate of drug-likeness (QED) is 0.192. The smallest absolute Gasteiger partial charge is 0.160 e. The summed E-state index contributed by atoms with van der Waals surface area (Å²) in [6, 6.07) is 50.3. The van der Waals surface area contributed by atoms with E-state index in [9.17, 15) is 0 Å². The summed E-state index contributed by atoms with van der Waals surface area (Å²) in [6.45, 7) is 6.85. The van der Waals surface area contributed by atoms with E-state index < -0.39 is 0 Å². The Bertz CT molecular complexity index is 2490. The monoisotopic (exact) mass is 588 g/mol. The molecule has 0 atom stereocenters. The van der Waals surface area contributed by atoms with Crippen LogP contribution in [-0.2, 0) is 5.41 Å². The van der Waals surface area contributed by atoms with Gasteiger partial charge in [-0.3, -0.25) is 0 Å². The van der Waals surface area contributed by atoms with Crippen LogP contribution in [0.15, 0.2) is 140 Å². The van der Waals surface area contributed by atoms with Crippen molar-refractivity contribution in [3.05, 3.63) is 156 Å². The van der Waals surface area contributed by atoms with E-state index in [1.807, 2.05) is 0 Å². The Morgan fingerprint density at radius 3 is 1.74 bits per heavy atom. The molecule has 0 bridgehead atoms. The molecule has 2 nitrogen and oxygen atoms in total. The molecule has 9 rings (SSSR count). The predicted octanol–water partition coefficient (Wildman–Crippen LogP) is 11.6. The predicted molar refractivity (Wildman–Crippen MR) is 193 cm³/mol. The largest absolute Gasteiger partial charge is 0.227 e. The molecule has 218 valence electrons. The number of hydrogen-bond donors (Lipinski definition) is 0. The van der Waals surface area contributed by atoms with Gasteiger partial charge in [-0.1, -0.05) is 153 Å². The standard InChI is InChI=1S/C44H32N2/c1-27-17-23-34-35-24-22-31(26-39(35)44(2,3)38(34)25-27)43-45-41(30-20-18-29(19-21-30)28-11-5-4-6-12-28)40-36-15-9-7-13-32(36)33-14-8-10-16-37(33)42(40)46-43/h4-26H,1-3H3. The highest BCUT2D eigenvalue weighted by Gasteiger charge is 2.35. The number of hydrogen-bond acceptors (Lipinski definition) is 2. The van der Waals surface area contributed by atoms with E-state index >= 15 is 0 Å². The highest BCUT2D eigenvalue weighted by molar-refractivity contribution is 6.27. The first-order chi connectivity index (χ1) is 22.5. The van der Waals surface area contributed by atoms with E-state index in [4.69, 9.17) is 9.97 Å². The molecule has 0 saturated carbocycles. The Kier molecular flexibility index (Phi) is 5.79. The number of nitrogens with zero attached hydrogens (tertiary/aromatic N) is 2. The van der Waals surface area contributed by atoms with Crippen LogP contribution < -0.4 is 0 Å². The van der Waals surface area contributed by atoms with Crippen molar-refractivity contribution in [2.75, 3.05) is 0 Å². The summed E-state index contributed by atoms with van der Waals surface area (Å²) in [7, 11) is 0. The second kappa shape index (κ2) is 9.95. The first kappa shape index (κ1) is 26.8. The zero-order chi connectivity index (χ0) is 31.0. The average Bonchev–Trinajstić information content (AvgIpc) is 3.33. The summed E-state index contributed by atoms with van der Waals surface area (Å²) in [5, 5.41) is 5.84. The molecule has 0 spiro atoms. The molecular weight excluding hydrogens is 556 g/mol. The lowest BCUT2D eigenvalue weighted by molar-refractivity contribution is 0.660. The van der Waals surface area contributed by atoms with Crippen LogP contribution in [0, 0.1) is 6.92 Å². The normalized spacial score (nSPS) is 13.3. The van der Waals surface area contributed by atoms with Crippen LogP contribution in [-0.4, -0.2) is 9.97 Å². The molecule has 2 heteroatoms. The summed E-state index contributed by atoms with van der Waals surface area (Å²) in [4.78, 5) is 10.8. The Morgan fingerprint density at radius 1 is 0.457 bits per heavy atom. The molecule has 0 N–H and O–H groups in total. The molecule has 0 aliphatic heterocycles. The van der Waals surface area contributed by atoms with Crippen LogP contribution in [0.25, 0.3) is 77.3 Å². The maximum absolute atomic E-state index is 5.43. The summed E-state index contributed by atoms with van der Waals surface area (Å²) < 4.78 is 0. The molecule has 0 unspecified atom stereocenters. The summed E-state index contributed by atoms with van der Waals surface area (Å²) >= 11 is 0. The lowest BCUT2D eigenvalue weighted by atomic mass is 9.81. The van der Waals surface area contributed by atoms with Crippen LogP contribution in [0.5, 0.6) is 0 Å². The van der Waals surface area contributed by atoms with Gasteiger partial charge in [-0.25, -0.2) is 9.97 Å². The van der Waals surface area contributed by atoms with Crippen molar-refractivity contribution < 1.29 is 0 Å². The minimum atomic E-state index is -0.109. The van der Waals surface area contributed by atoms with Gasteiger partial charge < -0.3 is 0 Å². The molecule has 1 aliphatic carbocycles. The van der Waals surface area contributed by atoms with Crippen molar-refractivity contribution in [1.29, 1.82) is 0 Å². The van der Waals surface area contributed by atoms with Gasteiger partial charge in [0.15, 0.2) is 5.82 Å². The van der Waals surface area contributed by atoms with Crippen LogP contribution in [0.1, 0.15) is 30.5 Å². The van der Waals surface area contributed by atoms with Gasteiger partial charge in [0.25, 0.3) is 0 Å². The number of aryl methyl sites for hydroxylation is 1. The zero-order valence-electron chi connectivity index (χ0n) is 26.2. The van der Waals surface area contributed by atoms with Crippen molar-refractivity contribution in [1.82, 2.24) is 9.97 Å². The number of fused-ring (bicyclic) bond motifs is 9. The van der Waals surface area contributed by atoms with E-state index in [1.165, 1.54) is 55.1 Å². The van der Waals surface area contributed by atoms with Gasteiger partial charge in [-0.05, 0) is 62.5 Å². The van der Waals surface area contributed by atoms with E-state index in [0.717, 1.165) is 38.9 Å². The van der Waals surface area contributed by atoms with E-state index in [0.29, 0.717) is 0 Å². The van der Waals surface area contributed by atoms with Gasteiger partial charge in [0.1, 0.15) is 0 Å². The van der Waals surface area contributed by atoms with E-state index in [2.05, 4.69) is 160 Å². The topological polar surface area (TPSA) is 25.8 Å². The van der Waals surface area contributed by atoms with Gasteiger partial charge in [0, 0.05) is 27.3 Å². The third-order valence-electron chi connectivity index (χ3n) is 9.93. The minimum Gasteiger partial charge on any atom is -0.227 e. The lowest BCUT2D eigenvalue weighted by Gasteiger charge is -2.22. The number of aromatic nitrogens is 2. The minimum absolute atomic E-state index is 0.109. The van der Waals surface area contributed by atoms with Crippen LogP contribution in [0.4, 0.5) is 0 Å². The Labute approximate surface area is 269 Å². The number of rotatable bonds is 3. The first-order valence-electron chi connectivity index (χ1n) is 16.0. The maximum Gasteiger partial charge on any atom is 0.160 e. The van der Waals surface area contributed by atoms with Gasteiger partial charge in [-0.2, -0.15) is 0 Å². The molecule has 1 aromatic heterocycles. The summed E-state index contributed by atoms with van der Waals surface area (Å²) in [5.41, 5.74) is 13.0. The van der Waals surface area contributed by atoms with Crippen molar-refractivity contribution in [2.45, 2.75) is 26.2 Å². The second-order valence-electron chi connectivity index (χ2n) is 13.1. The molecule has 46 heavy (non-hydrogen) atoms. The molecule has 8 aromatic rings. The Balaban J connectivity index is 1.32. The van der Waals surface area contributed by atoms with Gasteiger partial charge in [-0.15, -0.1) is 0 Å². The Hall–Kier alpha value is -5.60. The maximum atomic E-state index is 5.43. The average molecular weight is 589 g/mol. The molecule has 7 aromatic carbocycles. The van der Waals surface area contributed by atoms with Crippen LogP contribution in [0.3, 0.4) is 0 Å². The summed E-state index contributed by atoms with van der Waals surface area (Å²) in [6.07, 6.45) is 0. The fraction of sp³-hybridized carbons (Fsp3) is 0.0909. The summed E-state index contributed by atoms with van der Waals surface area (Å²) in [5.74, 6) is 0.751. The fourth-order valence-corrected chi connectivity index (χ4v) is 7.55. The SMILES string of the molecule is Cc1ccc2c(c1)C(C)(C)c1cc(-c3nc(-c4ccc(-c5ccccc5)cc4)c4c5ccccc5c5ccccc5c4n3)ccc1-2. The third kappa shape index (κ3) is 3.96. The van der Waals surface area contributed by atoms with E-state index in [1.54, 1.807) is 0 Å². The van der Waals surface area contributed by atoms with Crippen molar-refractivity contribution in [3.63, 3.8) is 0 Å². The van der Waals surface area contributed by atoms with Crippen LogP contribution in [0.2, 0.25) is 0 Å². The zero-order valence-corrected chi connectivity index (χ0v) is 26.2. The number of benzene rings is 7. The van der Waals surface area contributed by atoms with Gasteiger partial charge >= 0.3 is 0 Å². The van der Waals surface area contributed by atoms with E-state index in [-0.39, 0.29) is 5.41 Å². The van der Waals surface area contributed by atoms with Crippen molar-refractivity contribution in [3.8, 4) is 44.9 Å². The highest BCUT2D eigenvalue weighted by atomic mass is 14.9. The molecule has 0 saturated heterocycles. The lowest BCUT2D eigenvalue weighted by Crippen LogP contribution is -2.15. The van der Waals surface area contributed by atoms with Crippen molar-refractivity contribution in [2.24, 2.45) is 0 Å². The third-order valence-corrected chi connectivity index (χ3v) is 9.93. The molecule has 0 radical (unpaired) electrons. The molecular formula is C44H32N2. The molecule has 0 amide bonds. The van der Waals surface area contributed by atoms with Crippen LogP contribution >= 0.6 is 0 Å². The van der Waals surface area contributed by atoms with Gasteiger partial charge in [0.05, 0.1) is 11.2 Å². The molecule has 0 fully saturated rings. The first-order valence-corrected chi connectivity index (χ1v) is 16.0. The second-order valence-corrected chi connectivity index (χ2v) is 13.1. The highest BCUT2D eigenvalue weighted by Crippen LogP contribution is 2.50. The van der Waals surface area contributed by atoms with Gasteiger partial charge in [0.2, 0.25) is 0 Å². The molecule has 1 heterocycles. The van der Waals surface area contributed by atoms with Crippen molar-refractivity contribution >= 4 is 32.4 Å². The fourth-order valence-electron chi connectivity index (χ4n) is 7.55.